The third-order valence-electron chi connectivity index (χ3n) is 4.50. The summed E-state index contributed by atoms with van der Waals surface area (Å²) in [7, 11) is 0. The fourth-order valence-corrected chi connectivity index (χ4v) is 2.66. The molecule has 0 spiro atoms. The third-order valence-corrected chi connectivity index (χ3v) is 4.50. The molecule has 0 aliphatic rings. The van der Waals surface area contributed by atoms with E-state index in [-0.39, 0.29) is 17.0 Å². The van der Waals surface area contributed by atoms with Gasteiger partial charge < -0.3 is 15.2 Å². The zero-order valence-corrected chi connectivity index (χ0v) is 16.7. The minimum Gasteiger partial charge on any atom is -0.435 e. The van der Waals surface area contributed by atoms with E-state index in [0.717, 1.165) is 4.68 Å². The van der Waals surface area contributed by atoms with Crippen molar-refractivity contribution >= 4 is 5.91 Å². The van der Waals surface area contributed by atoms with E-state index < -0.39 is 30.2 Å². The van der Waals surface area contributed by atoms with Gasteiger partial charge >= 0.3 is 6.61 Å². The molecule has 8 nitrogen and oxygen atoms in total. The molecule has 0 aliphatic carbocycles. The number of pyridine rings is 1. The van der Waals surface area contributed by atoms with E-state index in [2.05, 4.69) is 20.1 Å². The lowest BCUT2D eigenvalue weighted by Crippen LogP contribution is -2.42. The van der Waals surface area contributed by atoms with Gasteiger partial charge in [-0.05, 0) is 56.3 Å². The number of aromatic nitrogens is 3. The van der Waals surface area contributed by atoms with Crippen molar-refractivity contribution in [3.63, 3.8) is 0 Å². The molecule has 0 radical (unpaired) electrons. The average molecular weight is 430 g/mol. The van der Waals surface area contributed by atoms with Crippen LogP contribution >= 0.6 is 0 Å². The van der Waals surface area contributed by atoms with Crippen LogP contribution in [0.1, 0.15) is 24.2 Å². The van der Waals surface area contributed by atoms with Gasteiger partial charge in [-0.15, -0.1) is 0 Å². The number of aliphatic hydroxyl groups excluding tert-OH is 1. The number of alkyl halides is 2. The molecule has 1 aromatic carbocycles. The number of rotatable bonds is 7. The second kappa shape index (κ2) is 9.43. The summed E-state index contributed by atoms with van der Waals surface area (Å²) in [6, 6.07) is 9.56. The third kappa shape index (κ3) is 5.28. The molecule has 2 aromatic heterocycles. The van der Waals surface area contributed by atoms with Gasteiger partial charge in [-0.25, -0.2) is 0 Å². The van der Waals surface area contributed by atoms with Crippen LogP contribution in [0.4, 0.5) is 8.78 Å². The highest BCUT2D eigenvalue weighted by Crippen LogP contribution is 2.22. The fourth-order valence-electron chi connectivity index (χ4n) is 2.66. The lowest BCUT2D eigenvalue weighted by atomic mass is 10.1. The van der Waals surface area contributed by atoms with Crippen molar-refractivity contribution in [2.45, 2.75) is 32.6 Å². The second-order valence-corrected chi connectivity index (χ2v) is 6.78. The maximum atomic E-state index is 13.0. The molecule has 0 bridgehead atoms. The molecule has 0 fully saturated rings. The molecule has 162 valence electrons. The van der Waals surface area contributed by atoms with Crippen LogP contribution in [0.5, 0.6) is 5.75 Å². The summed E-state index contributed by atoms with van der Waals surface area (Å²) < 4.78 is 30.2. The molecule has 2 N–H and O–H groups in total. The zero-order valence-electron chi connectivity index (χ0n) is 16.7. The Labute approximate surface area is 176 Å². The molecule has 31 heavy (non-hydrogen) atoms. The van der Waals surface area contributed by atoms with Crippen LogP contribution in [0.15, 0.2) is 59.7 Å². The molecule has 3 rings (SSSR count). The van der Waals surface area contributed by atoms with Crippen molar-refractivity contribution in [1.82, 2.24) is 20.1 Å². The van der Waals surface area contributed by atoms with Crippen LogP contribution in [-0.4, -0.2) is 44.5 Å². The van der Waals surface area contributed by atoms with Crippen LogP contribution in [0.2, 0.25) is 0 Å². The van der Waals surface area contributed by atoms with Crippen molar-refractivity contribution in [3.05, 3.63) is 70.8 Å². The summed E-state index contributed by atoms with van der Waals surface area (Å²) in [6.07, 6.45) is 2.11. The summed E-state index contributed by atoms with van der Waals surface area (Å²) in [5.41, 5.74) is 0.183. The van der Waals surface area contributed by atoms with Crippen molar-refractivity contribution < 1.29 is 23.4 Å². The Morgan fingerprint density at radius 2 is 1.90 bits per heavy atom. The van der Waals surface area contributed by atoms with E-state index >= 15 is 0 Å². The number of hydrogen-bond acceptors (Lipinski definition) is 6. The molecule has 10 heteroatoms. The molecular formula is C21H20F2N4O4. The van der Waals surface area contributed by atoms with Gasteiger partial charge in [0.1, 0.15) is 11.3 Å². The molecule has 0 aliphatic heterocycles. The Morgan fingerprint density at radius 3 is 2.48 bits per heavy atom. The number of amides is 1. The smallest absolute Gasteiger partial charge is 0.387 e. The molecular weight excluding hydrogens is 410 g/mol. The van der Waals surface area contributed by atoms with Gasteiger partial charge in [-0.3, -0.25) is 14.6 Å². The number of halogens is 2. The van der Waals surface area contributed by atoms with E-state index in [0.29, 0.717) is 11.3 Å². The summed E-state index contributed by atoms with van der Waals surface area (Å²) in [5, 5.41) is 16.5. The van der Waals surface area contributed by atoms with Gasteiger partial charge in [0.2, 0.25) is 0 Å². The van der Waals surface area contributed by atoms with E-state index in [9.17, 15) is 23.5 Å². The molecule has 3 aromatic rings. The Balaban J connectivity index is 2.09. The minimum atomic E-state index is -2.96. The van der Waals surface area contributed by atoms with Gasteiger partial charge in [0, 0.05) is 11.8 Å². The van der Waals surface area contributed by atoms with Crippen LogP contribution in [0.25, 0.3) is 16.9 Å². The first-order chi connectivity index (χ1) is 14.8. The summed E-state index contributed by atoms with van der Waals surface area (Å²) in [4.78, 5) is 29.7. The Kier molecular flexibility index (Phi) is 6.71. The Bertz CT molecular complexity index is 1100. The fraction of sp³-hybridized carbons (Fsp3) is 0.238. The lowest BCUT2D eigenvalue weighted by Gasteiger charge is -2.17. The average Bonchev–Trinajstić information content (AvgIpc) is 2.74. The number of hydrogen-bond donors (Lipinski definition) is 2. The first kappa shape index (κ1) is 22.0. The molecule has 1 amide bonds. The molecule has 2 heterocycles. The minimum absolute atomic E-state index is 0.0388. The summed E-state index contributed by atoms with van der Waals surface area (Å²) in [6.45, 7) is 0.161. The van der Waals surface area contributed by atoms with Gasteiger partial charge in [0.15, 0.2) is 0 Å². The maximum Gasteiger partial charge on any atom is 0.387 e. The monoisotopic (exact) mass is 430 g/mol. The van der Waals surface area contributed by atoms with Crippen LogP contribution in [-0.2, 0) is 0 Å². The quantitative estimate of drug-likeness (QED) is 0.596. The van der Waals surface area contributed by atoms with Gasteiger partial charge in [0.25, 0.3) is 11.5 Å². The largest absolute Gasteiger partial charge is 0.435 e. The zero-order chi connectivity index (χ0) is 22.5. The van der Waals surface area contributed by atoms with Gasteiger partial charge in [0.05, 0.1) is 29.7 Å². The molecule has 0 saturated carbocycles. The molecule has 2 unspecified atom stereocenters. The Morgan fingerprint density at radius 1 is 1.19 bits per heavy atom. The first-order valence-corrected chi connectivity index (χ1v) is 9.35. The van der Waals surface area contributed by atoms with Crippen molar-refractivity contribution in [2.24, 2.45) is 0 Å². The standard InChI is InChI=1S/C21H20F2N4O4/c1-12(13(2)28)25-19(29)17-10-18(14-5-7-16(8-6-14)31-21(22)23)26-27(20(17)30)15-4-3-9-24-11-15/h3-13,21,28H,1-2H3,(H,25,29). The number of nitrogens with one attached hydrogen (secondary N) is 1. The molecule has 2 atom stereocenters. The SMILES string of the molecule is CC(O)C(C)NC(=O)c1cc(-c2ccc(OC(F)F)cc2)nn(-c2cccnc2)c1=O. The van der Waals surface area contributed by atoms with Crippen molar-refractivity contribution in [2.75, 3.05) is 0 Å². The van der Waals surface area contributed by atoms with Crippen molar-refractivity contribution in [1.29, 1.82) is 0 Å². The predicted octanol–water partition coefficient (Wildman–Crippen LogP) is 2.40. The van der Waals surface area contributed by atoms with E-state index in [1.165, 1.54) is 49.6 Å². The number of ether oxygens (including phenoxy) is 1. The van der Waals surface area contributed by atoms with Crippen LogP contribution in [0, 0.1) is 0 Å². The van der Waals surface area contributed by atoms with Crippen LogP contribution < -0.4 is 15.6 Å². The number of benzene rings is 1. The van der Waals surface area contributed by atoms with E-state index in [1.807, 2.05) is 0 Å². The number of nitrogens with zero attached hydrogens (tertiary/aromatic N) is 3. The van der Waals surface area contributed by atoms with Gasteiger partial charge in [-0.2, -0.15) is 18.6 Å². The molecule has 0 saturated heterocycles. The first-order valence-electron chi connectivity index (χ1n) is 9.35. The second-order valence-electron chi connectivity index (χ2n) is 6.78. The van der Waals surface area contributed by atoms with Crippen molar-refractivity contribution in [3.8, 4) is 22.7 Å². The van der Waals surface area contributed by atoms with Gasteiger partial charge in [-0.1, -0.05) is 0 Å². The summed E-state index contributed by atoms with van der Waals surface area (Å²) >= 11 is 0. The highest BCUT2D eigenvalue weighted by molar-refractivity contribution is 5.95. The maximum absolute atomic E-state index is 13.0. The van der Waals surface area contributed by atoms with Crippen LogP contribution in [0.3, 0.4) is 0 Å². The van der Waals surface area contributed by atoms with E-state index in [4.69, 9.17) is 0 Å². The highest BCUT2D eigenvalue weighted by Gasteiger charge is 2.20. The van der Waals surface area contributed by atoms with E-state index in [1.54, 1.807) is 19.1 Å². The Hall–Kier alpha value is -3.66. The number of carbonyl (C=O) groups is 1. The normalized spacial score (nSPS) is 13.0. The number of carbonyl (C=O) groups excluding carboxylic acids is 1. The number of aliphatic hydroxyl groups is 1. The summed E-state index contributed by atoms with van der Waals surface area (Å²) in [5.74, 6) is -0.722. The highest BCUT2D eigenvalue weighted by atomic mass is 19.3. The predicted molar refractivity (Wildman–Crippen MR) is 108 cm³/mol. The topological polar surface area (TPSA) is 106 Å². The lowest BCUT2D eigenvalue weighted by molar-refractivity contribution is -0.0498.